The van der Waals surface area contributed by atoms with Crippen LogP contribution in [0.2, 0.25) is 0 Å². The molecule has 18 heavy (non-hydrogen) atoms. The minimum atomic E-state index is -0.0955. The molecule has 1 aromatic carbocycles. The fraction of sp³-hybridized carbons (Fsp3) is 0.0769. The molecule has 0 aliphatic heterocycles. The smallest absolute Gasteiger partial charge is 0.258 e. The molecule has 0 atom stereocenters. The molecule has 0 unspecified atom stereocenters. The van der Waals surface area contributed by atoms with Crippen molar-refractivity contribution in [3.05, 3.63) is 52.8 Å². The molecule has 0 fully saturated rings. The van der Waals surface area contributed by atoms with Crippen molar-refractivity contribution in [3.63, 3.8) is 0 Å². The number of benzene rings is 1. The van der Waals surface area contributed by atoms with Crippen LogP contribution >= 0.6 is 15.9 Å². The molecular weight excluding hydrogens is 294 g/mol. The summed E-state index contributed by atoms with van der Waals surface area (Å²) in [5.74, 6) is -0.0955. The van der Waals surface area contributed by atoms with E-state index < -0.39 is 0 Å². The number of amides is 1. The van der Waals surface area contributed by atoms with E-state index in [0.29, 0.717) is 11.3 Å². The maximum atomic E-state index is 12.3. The summed E-state index contributed by atoms with van der Waals surface area (Å²) in [6.07, 6.45) is 3.30. The molecule has 0 aliphatic carbocycles. The predicted octanol–water partition coefficient (Wildman–Crippen LogP) is 2.70. The van der Waals surface area contributed by atoms with Crippen LogP contribution in [0.1, 0.15) is 10.4 Å². The van der Waals surface area contributed by atoms with Crippen molar-refractivity contribution >= 4 is 33.2 Å². The maximum Gasteiger partial charge on any atom is 0.258 e. The number of nitrogens with two attached hydrogens (primary N) is 1. The number of nitrogens with zero attached hydrogens (tertiary/aromatic N) is 2. The second kappa shape index (κ2) is 5.18. The van der Waals surface area contributed by atoms with Gasteiger partial charge in [0, 0.05) is 40.9 Å². The summed E-state index contributed by atoms with van der Waals surface area (Å²) >= 11 is 3.31. The normalized spacial score (nSPS) is 10.1. The van der Waals surface area contributed by atoms with E-state index in [1.165, 1.54) is 0 Å². The number of hydrogen-bond donors (Lipinski definition) is 1. The summed E-state index contributed by atoms with van der Waals surface area (Å²) < 4.78 is 0.719. The molecule has 2 N–H and O–H groups in total. The first-order valence-electron chi connectivity index (χ1n) is 5.32. The Morgan fingerprint density at radius 3 is 2.56 bits per heavy atom. The monoisotopic (exact) mass is 305 g/mol. The standard InChI is InChI=1S/C13H12BrN3O/c1-17(10-4-6-16-7-5-10)13(18)9-2-3-12(15)11(14)8-9/h2-8H,15H2,1H3. The topological polar surface area (TPSA) is 59.2 Å². The number of hydrogen-bond acceptors (Lipinski definition) is 3. The minimum Gasteiger partial charge on any atom is -0.398 e. The molecule has 92 valence electrons. The second-order valence-electron chi connectivity index (χ2n) is 3.81. The van der Waals surface area contributed by atoms with Crippen LogP contribution in [0.25, 0.3) is 0 Å². The molecule has 0 saturated carbocycles. The molecule has 0 bridgehead atoms. The average Bonchev–Trinajstić information content (AvgIpc) is 2.41. The summed E-state index contributed by atoms with van der Waals surface area (Å²) in [6, 6.07) is 8.70. The van der Waals surface area contributed by atoms with Gasteiger partial charge in [0.1, 0.15) is 0 Å². The van der Waals surface area contributed by atoms with Gasteiger partial charge in [-0.05, 0) is 46.3 Å². The van der Waals surface area contributed by atoms with Gasteiger partial charge in [0.25, 0.3) is 5.91 Å². The second-order valence-corrected chi connectivity index (χ2v) is 4.66. The Bertz CT molecular complexity index is 572. The molecule has 4 nitrogen and oxygen atoms in total. The van der Waals surface area contributed by atoms with Gasteiger partial charge in [-0.1, -0.05) is 0 Å². The third-order valence-corrected chi connectivity index (χ3v) is 3.29. The van der Waals surface area contributed by atoms with E-state index in [9.17, 15) is 4.79 Å². The Kier molecular flexibility index (Phi) is 3.62. The third-order valence-electron chi connectivity index (χ3n) is 2.60. The highest BCUT2D eigenvalue weighted by atomic mass is 79.9. The molecule has 1 amide bonds. The van der Waals surface area contributed by atoms with E-state index in [2.05, 4.69) is 20.9 Å². The highest BCUT2D eigenvalue weighted by Gasteiger charge is 2.14. The largest absolute Gasteiger partial charge is 0.398 e. The molecule has 1 heterocycles. The Morgan fingerprint density at radius 1 is 1.28 bits per heavy atom. The van der Waals surface area contributed by atoms with Crippen molar-refractivity contribution in [1.82, 2.24) is 4.98 Å². The number of nitrogen functional groups attached to an aromatic ring is 1. The number of carbonyl (C=O) groups excluding carboxylic acids is 1. The first-order valence-corrected chi connectivity index (χ1v) is 6.12. The third kappa shape index (κ3) is 2.51. The lowest BCUT2D eigenvalue weighted by atomic mass is 10.2. The number of rotatable bonds is 2. The lowest BCUT2D eigenvalue weighted by Crippen LogP contribution is -2.26. The minimum absolute atomic E-state index is 0.0955. The predicted molar refractivity (Wildman–Crippen MR) is 75.5 cm³/mol. The van der Waals surface area contributed by atoms with E-state index in [1.807, 2.05) is 0 Å². The van der Waals surface area contributed by atoms with E-state index >= 15 is 0 Å². The molecule has 2 aromatic rings. The number of anilines is 2. The lowest BCUT2D eigenvalue weighted by molar-refractivity contribution is 0.0993. The Balaban J connectivity index is 2.29. The summed E-state index contributed by atoms with van der Waals surface area (Å²) in [7, 11) is 1.72. The van der Waals surface area contributed by atoms with Gasteiger partial charge in [-0.25, -0.2) is 0 Å². The Morgan fingerprint density at radius 2 is 1.94 bits per heavy atom. The van der Waals surface area contributed by atoms with Crippen molar-refractivity contribution in [3.8, 4) is 0 Å². The van der Waals surface area contributed by atoms with Gasteiger partial charge in [-0.3, -0.25) is 9.78 Å². The van der Waals surface area contributed by atoms with E-state index in [4.69, 9.17) is 5.73 Å². The fourth-order valence-corrected chi connectivity index (χ4v) is 1.92. The van der Waals surface area contributed by atoms with Gasteiger partial charge in [-0.2, -0.15) is 0 Å². The van der Waals surface area contributed by atoms with Crippen LogP contribution in [0, 0.1) is 0 Å². The van der Waals surface area contributed by atoms with E-state index in [1.54, 1.807) is 54.7 Å². The quantitative estimate of drug-likeness (QED) is 0.868. The number of pyridine rings is 1. The molecular formula is C13H12BrN3O. The number of carbonyl (C=O) groups is 1. The van der Waals surface area contributed by atoms with Crippen molar-refractivity contribution in [1.29, 1.82) is 0 Å². The lowest BCUT2D eigenvalue weighted by Gasteiger charge is -2.17. The maximum absolute atomic E-state index is 12.3. The molecule has 5 heteroatoms. The van der Waals surface area contributed by atoms with Gasteiger partial charge in [0.05, 0.1) is 0 Å². The molecule has 0 spiro atoms. The van der Waals surface area contributed by atoms with Crippen LogP contribution in [0.3, 0.4) is 0 Å². The van der Waals surface area contributed by atoms with Gasteiger partial charge in [0.15, 0.2) is 0 Å². The van der Waals surface area contributed by atoms with Gasteiger partial charge >= 0.3 is 0 Å². The Hall–Kier alpha value is -1.88. The van der Waals surface area contributed by atoms with Crippen molar-refractivity contribution in [2.45, 2.75) is 0 Å². The zero-order chi connectivity index (χ0) is 13.1. The zero-order valence-electron chi connectivity index (χ0n) is 9.80. The van der Waals surface area contributed by atoms with Crippen molar-refractivity contribution in [2.24, 2.45) is 0 Å². The molecule has 1 aromatic heterocycles. The van der Waals surface area contributed by atoms with Crippen molar-refractivity contribution in [2.75, 3.05) is 17.7 Å². The van der Waals surface area contributed by atoms with Crippen LogP contribution < -0.4 is 10.6 Å². The summed E-state index contributed by atoms with van der Waals surface area (Å²) in [4.78, 5) is 17.7. The summed E-state index contributed by atoms with van der Waals surface area (Å²) in [5.41, 5.74) is 7.68. The fourth-order valence-electron chi connectivity index (χ4n) is 1.54. The van der Waals surface area contributed by atoms with Crippen LogP contribution in [-0.2, 0) is 0 Å². The average molecular weight is 306 g/mol. The van der Waals surface area contributed by atoms with Gasteiger partial charge in [0.2, 0.25) is 0 Å². The summed E-state index contributed by atoms with van der Waals surface area (Å²) in [6.45, 7) is 0. The van der Waals surface area contributed by atoms with Crippen LogP contribution in [0.4, 0.5) is 11.4 Å². The first-order chi connectivity index (χ1) is 8.59. The van der Waals surface area contributed by atoms with E-state index in [0.717, 1.165) is 10.2 Å². The van der Waals surface area contributed by atoms with Crippen molar-refractivity contribution < 1.29 is 4.79 Å². The molecule has 2 rings (SSSR count). The van der Waals surface area contributed by atoms with Gasteiger partial charge in [-0.15, -0.1) is 0 Å². The SMILES string of the molecule is CN(C(=O)c1ccc(N)c(Br)c1)c1ccncc1. The molecule has 0 saturated heterocycles. The van der Waals surface area contributed by atoms with Crippen LogP contribution in [0.5, 0.6) is 0 Å². The Labute approximate surface area is 114 Å². The van der Waals surface area contributed by atoms with E-state index in [-0.39, 0.29) is 5.91 Å². The summed E-state index contributed by atoms with van der Waals surface area (Å²) in [5, 5.41) is 0. The number of aromatic nitrogens is 1. The highest BCUT2D eigenvalue weighted by molar-refractivity contribution is 9.10. The molecule has 0 radical (unpaired) electrons. The van der Waals surface area contributed by atoms with Crippen LogP contribution in [0.15, 0.2) is 47.2 Å². The zero-order valence-corrected chi connectivity index (χ0v) is 11.4. The highest BCUT2D eigenvalue weighted by Crippen LogP contribution is 2.22. The van der Waals surface area contributed by atoms with Crippen LogP contribution in [-0.4, -0.2) is 17.9 Å². The first kappa shape index (κ1) is 12.6. The number of halogens is 1. The van der Waals surface area contributed by atoms with Gasteiger partial charge < -0.3 is 10.6 Å². The molecule has 0 aliphatic rings.